The van der Waals surface area contributed by atoms with E-state index >= 15 is 0 Å². The average molecular weight is 375 g/mol. The highest BCUT2D eigenvalue weighted by molar-refractivity contribution is 6.30. The first-order chi connectivity index (χ1) is 12.2. The minimum atomic E-state index is -0.0744. The third-order valence-corrected chi connectivity index (χ3v) is 5.69. The Morgan fingerprint density at radius 3 is 2.58 bits per heavy atom. The summed E-state index contributed by atoms with van der Waals surface area (Å²) in [6.45, 7) is 10.1. The Morgan fingerprint density at radius 1 is 1.31 bits per heavy atom. The maximum atomic E-state index is 13.2. The predicted octanol–water partition coefficient (Wildman–Crippen LogP) is 3.40. The number of halogens is 1. The predicted molar refractivity (Wildman–Crippen MR) is 105 cm³/mol. The van der Waals surface area contributed by atoms with Gasteiger partial charge in [0, 0.05) is 29.8 Å². The van der Waals surface area contributed by atoms with Crippen molar-refractivity contribution in [2.45, 2.75) is 46.7 Å². The number of nitrogens with two attached hydrogens (primary N) is 1. The molecule has 0 radical (unpaired) electrons. The van der Waals surface area contributed by atoms with Crippen LogP contribution in [0.4, 0.5) is 0 Å². The van der Waals surface area contributed by atoms with Crippen molar-refractivity contribution in [1.29, 1.82) is 0 Å². The summed E-state index contributed by atoms with van der Waals surface area (Å²) in [5, 5.41) is 5.32. The number of likely N-dealkylation sites (tertiary alicyclic amines) is 1. The van der Waals surface area contributed by atoms with Crippen molar-refractivity contribution >= 4 is 17.5 Å². The smallest absolute Gasteiger partial charge is 0.257 e. The molecule has 2 N–H and O–H groups in total. The number of carbonyl (C=O) groups excluding carboxylic acids is 1. The number of hydrogen-bond acceptors (Lipinski definition) is 3. The summed E-state index contributed by atoms with van der Waals surface area (Å²) in [6, 6.07) is 7.83. The Morgan fingerprint density at radius 2 is 1.96 bits per heavy atom. The fraction of sp³-hybridized carbons (Fsp3) is 0.500. The van der Waals surface area contributed by atoms with Crippen molar-refractivity contribution in [3.05, 3.63) is 51.8 Å². The number of aryl methyl sites for hydroxylation is 1. The summed E-state index contributed by atoms with van der Waals surface area (Å²) < 4.78 is 1.90. The molecule has 1 aliphatic heterocycles. The van der Waals surface area contributed by atoms with Crippen LogP contribution in [-0.2, 0) is 6.54 Å². The van der Waals surface area contributed by atoms with E-state index in [2.05, 4.69) is 18.9 Å². The maximum absolute atomic E-state index is 13.2. The van der Waals surface area contributed by atoms with Crippen molar-refractivity contribution in [1.82, 2.24) is 14.7 Å². The summed E-state index contributed by atoms with van der Waals surface area (Å²) in [6.07, 6.45) is 0.829. The Bertz CT molecular complexity index is 810. The second-order valence-electron chi connectivity index (χ2n) is 7.94. The van der Waals surface area contributed by atoms with Gasteiger partial charge in [-0.2, -0.15) is 5.10 Å². The molecule has 6 heteroatoms. The first kappa shape index (κ1) is 18.9. The molecule has 1 aliphatic rings. The molecule has 2 heterocycles. The van der Waals surface area contributed by atoms with Gasteiger partial charge in [-0.3, -0.25) is 9.48 Å². The first-order valence-corrected chi connectivity index (χ1v) is 9.40. The van der Waals surface area contributed by atoms with Crippen LogP contribution in [0.3, 0.4) is 0 Å². The monoisotopic (exact) mass is 374 g/mol. The van der Waals surface area contributed by atoms with Crippen LogP contribution in [0.15, 0.2) is 24.3 Å². The lowest BCUT2D eigenvalue weighted by molar-refractivity contribution is 0.0531. The maximum Gasteiger partial charge on any atom is 0.257 e. The van der Waals surface area contributed by atoms with Crippen LogP contribution >= 0.6 is 11.6 Å². The van der Waals surface area contributed by atoms with Crippen LogP contribution < -0.4 is 5.73 Å². The lowest BCUT2D eigenvalue weighted by Gasteiger charge is -2.42. The van der Waals surface area contributed by atoms with Crippen LogP contribution in [-0.4, -0.2) is 39.7 Å². The highest BCUT2D eigenvalue weighted by Crippen LogP contribution is 2.29. The largest absolute Gasteiger partial charge is 0.338 e. The van der Waals surface area contributed by atoms with E-state index in [1.54, 1.807) is 0 Å². The van der Waals surface area contributed by atoms with Crippen molar-refractivity contribution < 1.29 is 4.79 Å². The zero-order valence-electron chi connectivity index (χ0n) is 15.9. The van der Waals surface area contributed by atoms with E-state index < -0.39 is 0 Å². The molecule has 0 aliphatic carbocycles. The Balaban J connectivity index is 1.83. The molecule has 1 amide bonds. The standard InChI is InChI=1S/C20H27ClN4O/c1-13-18(19(26)24-10-9-17(22)20(3,4)12-24)14(2)25(23-13)11-15-5-7-16(21)8-6-15/h5-8,17H,9-12,22H2,1-4H3. The van der Waals surface area contributed by atoms with Crippen molar-refractivity contribution in [3.63, 3.8) is 0 Å². The van der Waals surface area contributed by atoms with Gasteiger partial charge in [0.2, 0.25) is 0 Å². The van der Waals surface area contributed by atoms with Gasteiger partial charge >= 0.3 is 0 Å². The van der Waals surface area contributed by atoms with Gasteiger partial charge in [-0.25, -0.2) is 0 Å². The van der Waals surface area contributed by atoms with E-state index in [1.807, 2.05) is 47.7 Å². The lowest BCUT2D eigenvalue weighted by Crippen LogP contribution is -2.54. The molecule has 0 bridgehead atoms. The number of benzene rings is 1. The molecular formula is C20H27ClN4O. The summed E-state index contributed by atoms with van der Waals surface area (Å²) >= 11 is 5.95. The van der Waals surface area contributed by atoms with Crippen LogP contribution in [0.2, 0.25) is 5.02 Å². The minimum absolute atomic E-state index is 0.0577. The molecule has 1 aromatic heterocycles. The zero-order chi connectivity index (χ0) is 19.1. The van der Waals surface area contributed by atoms with Crippen LogP contribution in [0.5, 0.6) is 0 Å². The molecule has 1 fully saturated rings. The third-order valence-electron chi connectivity index (χ3n) is 5.44. The summed E-state index contributed by atoms with van der Waals surface area (Å²) in [5.41, 5.74) is 9.62. The lowest BCUT2D eigenvalue weighted by atomic mass is 9.79. The summed E-state index contributed by atoms with van der Waals surface area (Å²) in [7, 11) is 0. The average Bonchev–Trinajstić information content (AvgIpc) is 2.85. The molecule has 3 rings (SSSR count). The van der Waals surface area contributed by atoms with E-state index in [4.69, 9.17) is 17.3 Å². The second-order valence-corrected chi connectivity index (χ2v) is 8.38. The highest BCUT2D eigenvalue weighted by atomic mass is 35.5. The second kappa shape index (κ2) is 7.05. The van der Waals surface area contributed by atoms with Crippen LogP contribution in [0.25, 0.3) is 0 Å². The van der Waals surface area contributed by atoms with Gasteiger partial charge in [0.15, 0.2) is 0 Å². The Labute approximate surface area is 160 Å². The van der Waals surface area contributed by atoms with E-state index in [1.165, 1.54) is 0 Å². The number of amides is 1. The van der Waals surface area contributed by atoms with Gasteiger partial charge < -0.3 is 10.6 Å². The molecule has 0 saturated carbocycles. The molecule has 5 nitrogen and oxygen atoms in total. The number of aromatic nitrogens is 2. The van der Waals surface area contributed by atoms with E-state index in [-0.39, 0.29) is 17.4 Å². The van der Waals surface area contributed by atoms with Gasteiger partial charge in [-0.15, -0.1) is 0 Å². The van der Waals surface area contributed by atoms with E-state index in [0.29, 0.717) is 30.2 Å². The topological polar surface area (TPSA) is 64.2 Å². The van der Waals surface area contributed by atoms with Gasteiger partial charge in [0.1, 0.15) is 0 Å². The molecular weight excluding hydrogens is 348 g/mol. The van der Waals surface area contributed by atoms with Crippen molar-refractivity contribution in [3.8, 4) is 0 Å². The number of nitrogens with zero attached hydrogens (tertiary/aromatic N) is 3. The SMILES string of the molecule is Cc1nn(Cc2ccc(Cl)cc2)c(C)c1C(=O)N1CCC(N)C(C)(C)C1. The quantitative estimate of drug-likeness (QED) is 0.895. The zero-order valence-corrected chi connectivity index (χ0v) is 16.7. The highest BCUT2D eigenvalue weighted by Gasteiger charge is 2.36. The molecule has 140 valence electrons. The molecule has 1 saturated heterocycles. The molecule has 1 unspecified atom stereocenters. The van der Waals surface area contributed by atoms with Crippen LogP contribution in [0, 0.1) is 19.3 Å². The van der Waals surface area contributed by atoms with Crippen molar-refractivity contribution in [2.24, 2.45) is 11.1 Å². The first-order valence-electron chi connectivity index (χ1n) is 9.02. The number of carbonyl (C=O) groups is 1. The van der Waals surface area contributed by atoms with Gasteiger partial charge in [0.05, 0.1) is 17.8 Å². The third kappa shape index (κ3) is 3.64. The number of piperidine rings is 1. The molecule has 1 aromatic carbocycles. The number of rotatable bonds is 3. The normalized spacial score (nSPS) is 19.6. The van der Waals surface area contributed by atoms with Crippen molar-refractivity contribution in [2.75, 3.05) is 13.1 Å². The Kier molecular flexibility index (Phi) is 5.13. The van der Waals surface area contributed by atoms with Gasteiger partial charge in [-0.05, 0) is 43.4 Å². The van der Waals surface area contributed by atoms with E-state index in [0.717, 1.165) is 23.4 Å². The molecule has 26 heavy (non-hydrogen) atoms. The molecule has 1 atom stereocenters. The van der Waals surface area contributed by atoms with E-state index in [9.17, 15) is 4.79 Å². The summed E-state index contributed by atoms with van der Waals surface area (Å²) in [5.74, 6) is 0.0577. The van der Waals surface area contributed by atoms with Crippen LogP contribution in [0.1, 0.15) is 47.6 Å². The summed E-state index contributed by atoms with van der Waals surface area (Å²) in [4.78, 5) is 15.1. The fourth-order valence-corrected chi connectivity index (χ4v) is 3.75. The molecule has 2 aromatic rings. The Hall–Kier alpha value is -1.85. The van der Waals surface area contributed by atoms with Gasteiger partial charge in [0.25, 0.3) is 5.91 Å². The van der Waals surface area contributed by atoms with Gasteiger partial charge in [-0.1, -0.05) is 37.6 Å². The molecule has 0 spiro atoms. The number of hydrogen-bond donors (Lipinski definition) is 1. The fourth-order valence-electron chi connectivity index (χ4n) is 3.63. The minimum Gasteiger partial charge on any atom is -0.338 e.